The van der Waals surface area contributed by atoms with Crippen molar-refractivity contribution in [3.05, 3.63) is 52.2 Å². The van der Waals surface area contributed by atoms with Gasteiger partial charge in [0.05, 0.1) is 0 Å². The minimum absolute atomic E-state index is 0.219. The third-order valence-corrected chi connectivity index (χ3v) is 2.59. The predicted molar refractivity (Wildman–Crippen MR) is 63.7 cm³/mol. The van der Waals surface area contributed by atoms with E-state index in [0.717, 1.165) is 6.42 Å². The molecule has 5 heteroatoms. The number of hydrogen-bond acceptors (Lipinski definition) is 2. The van der Waals surface area contributed by atoms with E-state index in [1.54, 1.807) is 24.4 Å². The molecular formula is C12H14FN3O. The van der Waals surface area contributed by atoms with E-state index in [0.29, 0.717) is 18.5 Å². The number of aromatic nitrogens is 2. The van der Waals surface area contributed by atoms with Crippen molar-refractivity contribution in [2.24, 2.45) is 5.73 Å². The van der Waals surface area contributed by atoms with Gasteiger partial charge in [0, 0.05) is 11.8 Å². The lowest BCUT2D eigenvalue weighted by atomic mass is 10.2. The summed E-state index contributed by atoms with van der Waals surface area (Å²) in [4.78, 5) is 12.0. The Bertz CT molecular complexity index is 559. The monoisotopic (exact) mass is 235 g/mol. The van der Waals surface area contributed by atoms with Crippen LogP contribution < -0.4 is 11.3 Å². The van der Waals surface area contributed by atoms with Crippen molar-refractivity contribution in [1.29, 1.82) is 0 Å². The number of nitrogens with one attached hydrogen (secondary N) is 1. The molecule has 0 aliphatic carbocycles. The van der Waals surface area contributed by atoms with Crippen LogP contribution in [0.4, 0.5) is 4.39 Å². The second-order valence-electron chi connectivity index (χ2n) is 3.78. The minimum atomic E-state index is -0.429. The van der Waals surface area contributed by atoms with Crippen molar-refractivity contribution in [2.45, 2.75) is 12.8 Å². The summed E-state index contributed by atoms with van der Waals surface area (Å²) in [6.45, 7) is 0.532. The summed E-state index contributed by atoms with van der Waals surface area (Å²) in [5.74, 6) is -0.429. The van der Waals surface area contributed by atoms with Crippen LogP contribution in [0.2, 0.25) is 0 Å². The summed E-state index contributed by atoms with van der Waals surface area (Å²) < 4.78 is 14.7. The highest BCUT2D eigenvalue weighted by atomic mass is 19.1. The quantitative estimate of drug-likeness (QED) is 0.836. The fraction of sp³-hybridized carbons (Fsp3) is 0.250. The molecule has 0 fully saturated rings. The number of para-hydroxylation sites is 1. The second kappa shape index (κ2) is 4.97. The van der Waals surface area contributed by atoms with E-state index in [1.807, 2.05) is 0 Å². The fourth-order valence-electron chi connectivity index (χ4n) is 1.69. The molecule has 0 aliphatic heterocycles. The van der Waals surface area contributed by atoms with Gasteiger partial charge in [0.25, 0.3) is 5.56 Å². The molecule has 1 aromatic heterocycles. The first-order valence-corrected chi connectivity index (χ1v) is 5.48. The van der Waals surface area contributed by atoms with E-state index in [2.05, 4.69) is 5.10 Å². The summed E-state index contributed by atoms with van der Waals surface area (Å²) >= 11 is 0. The first kappa shape index (κ1) is 11.6. The molecule has 0 bridgehead atoms. The van der Waals surface area contributed by atoms with Gasteiger partial charge in [-0.05, 0) is 31.5 Å². The standard InChI is InChI=1S/C12H14FN3O/c13-10-5-1-2-6-11(10)16-12(17)9(8-15-16)4-3-7-14/h1-2,5-6,8,15H,3-4,7,14H2. The maximum Gasteiger partial charge on any atom is 0.274 e. The number of aromatic amines is 1. The van der Waals surface area contributed by atoms with Crippen LogP contribution in [0.15, 0.2) is 35.3 Å². The first-order chi connectivity index (χ1) is 8.24. The minimum Gasteiger partial charge on any atom is -0.330 e. The van der Waals surface area contributed by atoms with Crippen LogP contribution in [0, 0.1) is 5.82 Å². The number of nitrogens with zero attached hydrogens (tertiary/aromatic N) is 1. The van der Waals surface area contributed by atoms with Crippen LogP contribution in [-0.2, 0) is 6.42 Å². The highest BCUT2D eigenvalue weighted by molar-refractivity contribution is 5.33. The summed E-state index contributed by atoms with van der Waals surface area (Å²) in [5.41, 5.74) is 6.03. The number of nitrogens with two attached hydrogens (primary N) is 1. The van der Waals surface area contributed by atoms with Crippen LogP contribution in [0.3, 0.4) is 0 Å². The Hall–Kier alpha value is -1.88. The Morgan fingerprint density at radius 2 is 2.12 bits per heavy atom. The Morgan fingerprint density at radius 1 is 1.35 bits per heavy atom. The van der Waals surface area contributed by atoms with Crippen LogP contribution in [0.25, 0.3) is 5.69 Å². The highest BCUT2D eigenvalue weighted by Crippen LogP contribution is 2.09. The summed E-state index contributed by atoms with van der Waals surface area (Å²) in [7, 11) is 0. The molecule has 1 aromatic carbocycles. The average Bonchev–Trinajstić information content (AvgIpc) is 2.69. The van der Waals surface area contributed by atoms with Gasteiger partial charge in [-0.3, -0.25) is 9.89 Å². The number of hydrogen-bond donors (Lipinski definition) is 2. The lowest BCUT2D eigenvalue weighted by molar-refractivity contribution is 0.608. The van der Waals surface area contributed by atoms with Crippen molar-refractivity contribution < 1.29 is 4.39 Å². The first-order valence-electron chi connectivity index (χ1n) is 5.48. The summed E-state index contributed by atoms with van der Waals surface area (Å²) in [5, 5.41) is 2.76. The lowest BCUT2D eigenvalue weighted by Crippen LogP contribution is -2.18. The van der Waals surface area contributed by atoms with Crippen LogP contribution in [0.5, 0.6) is 0 Å². The molecule has 0 radical (unpaired) electrons. The smallest absolute Gasteiger partial charge is 0.274 e. The molecule has 3 N–H and O–H groups in total. The topological polar surface area (TPSA) is 63.8 Å². The zero-order chi connectivity index (χ0) is 12.3. The van der Waals surface area contributed by atoms with Gasteiger partial charge < -0.3 is 5.73 Å². The molecule has 0 saturated heterocycles. The number of aryl methyl sites for hydroxylation is 1. The molecule has 0 aliphatic rings. The van der Waals surface area contributed by atoms with E-state index in [1.165, 1.54) is 10.7 Å². The van der Waals surface area contributed by atoms with Gasteiger partial charge in [0.15, 0.2) is 0 Å². The van der Waals surface area contributed by atoms with Gasteiger partial charge in [-0.1, -0.05) is 12.1 Å². The Labute approximate surface area is 97.9 Å². The third-order valence-electron chi connectivity index (χ3n) is 2.59. The van der Waals surface area contributed by atoms with Crippen LogP contribution in [0.1, 0.15) is 12.0 Å². The number of benzene rings is 1. The average molecular weight is 235 g/mol. The number of halogens is 1. The van der Waals surface area contributed by atoms with E-state index in [-0.39, 0.29) is 11.2 Å². The number of H-pyrrole nitrogens is 1. The molecule has 17 heavy (non-hydrogen) atoms. The molecule has 4 nitrogen and oxygen atoms in total. The van der Waals surface area contributed by atoms with Crippen molar-refractivity contribution in [3.8, 4) is 5.69 Å². The van der Waals surface area contributed by atoms with Crippen molar-refractivity contribution in [3.63, 3.8) is 0 Å². The van der Waals surface area contributed by atoms with Gasteiger partial charge in [-0.25, -0.2) is 9.07 Å². The zero-order valence-electron chi connectivity index (χ0n) is 9.32. The van der Waals surface area contributed by atoms with E-state index < -0.39 is 5.82 Å². The molecule has 2 aromatic rings. The molecule has 0 spiro atoms. The van der Waals surface area contributed by atoms with E-state index >= 15 is 0 Å². The van der Waals surface area contributed by atoms with E-state index in [4.69, 9.17) is 5.73 Å². The third kappa shape index (κ3) is 2.29. The van der Waals surface area contributed by atoms with Crippen molar-refractivity contribution >= 4 is 0 Å². The molecular weight excluding hydrogens is 221 g/mol. The van der Waals surface area contributed by atoms with Crippen LogP contribution in [-0.4, -0.2) is 16.3 Å². The zero-order valence-corrected chi connectivity index (χ0v) is 9.32. The molecule has 90 valence electrons. The number of rotatable bonds is 4. The fourth-order valence-corrected chi connectivity index (χ4v) is 1.69. The molecule has 2 rings (SSSR count). The molecule has 0 atom stereocenters. The molecule has 0 saturated carbocycles. The highest BCUT2D eigenvalue weighted by Gasteiger charge is 2.10. The van der Waals surface area contributed by atoms with Gasteiger partial charge in [-0.2, -0.15) is 0 Å². The maximum absolute atomic E-state index is 13.5. The van der Waals surface area contributed by atoms with Gasteiger partial charge >= 0.3 is 0 Å². The Morgan fingerprint density at radius 3 is 2.82 bits per heavy atom. The molecule has 1 heterocycles. The van der Waals surface area contributed by atoms with Gasteiger partial charge in [0.1, 0.15) is 11.5 Å². The second-order valence-corrected chi connectivity index (χ2v) is 3.78. The summed E-state index contributed by atoms with van der Waals surface area (Å²) in [6, 6.07) is 6.15. The predicted octanol–water partition coefficient (Wildman–Crippen LogP) is 1.20. The summed E-state index contributed by atoms with van der Waals surface area (Å²) in [6.07, 6.45) is 2.95. The van der Waals surface area contributed by atoms with Crippen molar-refractivity contribution in [2.75, 3.05) is 6.54 Å². The SMILES string of the molecule is NCCCc1c[nH]n(-c2ccccc2F)c1=O. The largest absolute Gasteiger partial charge is 0.330 e. The Kier molecular flexibility index (Phi) is 3.39. The van der Waals surface area contributed by atoms with E-state index in [9.17, 15) is 9.18 Å². The lowest BCUT2D eigenvalue weighted by Gasteiger charge is -2.01. The van der Waals surface area contributed by atoms with Crippen LogP contribution >= 0.6 is 0 Å². The Balaban J connectivity index is 2.38. The maximum atomic E-state index is 13.5. The normalized spacial score (nSPS) is 10.7. The molecule has 0 unspecified atom stereocenters. The van der Waals surface area contributed by atoms with Gasteiger partial charge in [-0.15, -0.1) is 0 Å². The van der Waals surface area contributed by atoms with Crippen molar-refractivity contribution in [1.82, 2.24) is 9.78 Å². The van der Waals surface area contributed by atoms with Gasteiger partial charge in [0.2, 0.25) is 0 Å². The molecule has 0 amide bonds.